The number of benzene rings is 2. The van der Waals surface area contributed by atoms with Gasteiger partial charge in [-0.05, 0) is 55.2 Å². The van der Waals surface area contributed by atoms with Gasteiger partial charge in [-0.15, -0.1) is 0 Å². The van der Waals surface area contributed by atoms with Crippen molar-refractivity contribution in [1.82, 2.24) is 0 Å². The van der Waals surface area contributed by atoms with Gasteiger partial charge in [0.05, 0.1) is 5.69 Å². The number of hydrogen-bond acceptors (Lipinski definition) is 2. The topological polar surface area (TPSA) is 38.0 Å². The molecule has 0 amide bonds. The van der Waals surface area contributed by atoms with E-state index in [4.69, 9.17) is 5.73 Å². The van der Waals surface area contributed by atoms with Crippen molar-refractivity contribution in [2.45, 2.75) is 20.3 Å². The van der Waals surface area contributed by atoms with Crippen LogP contribution in [0.4, 0.5) is 15.8 Å². The molecule has 2 aromatic rings. The molecule has 100 valence electrons. The lowest BCUT2D eigenvalue weighted by Crippen LogP contribution is -2.05. The summed E-state index contributed by atoms with van der Waals surface area (Å²) in [5.41, 5.74) is 10.3. The Morgan fingerprint density at radius 3 is 2.53 bits per heavy atom. The van der Waals surface area contributed by atoms with Crippen LogP contribution in [0.1, 0.15) is 16.7 Å². The molecular formula is C16H19FN2. The molecule has 0 atom stereocenters. The average molecular weight is 258 g/mol. The quantitative estimate of drug-likeness (QED) is 0.821. The molecule has 2 aromatic carbocycles. The first-order valence-electron chi connectivity index (χ1n) is 6.41. The van der Waals surface area contributed by atoms with Crippen LogP contribution in [0.2, 0.25) is 0 Å². The van der Waals surface area contributed by atoms with Crippen molar-refractivity contribution in [3.63, 3.8) is 0 Å². The van der Waals surface area contributed by atoms with Crippen LogP contribution < -0.4 is 11.1 Å². The Hall–Kier alpha value is -2.03. The molecule has 3 heteroatoms. The largest absolute Gasteiger partial charge is 0.396 e. The van der Waals surface area contributed by atoms with Crippen molar-refractivity contribution < 1.29 is 4.39 Å². The average Bonchev–Trinajstić information content (AvgIpc) is 2.38. The van der Waals surface area contributed by atoms with Crippen LogP contribution in [-0.2, 0) is 6.42 Å². The molecule has 0 aliphatic rings. The zero-order chi connectivity index (χ0) is 13.8. The highest BCUT2D eigenvalue weighted by Gasteiger charge is 2.00. The van der Waals surface area contributed by atoms with Gasteiger partial charge in [-0.3, -0.25) is 0 Å². The number of halogens is 1. The van der Waals surface area contributed by atoms with Crippen molar-refractivity contribution in [3.8, 4) is 0 Å². The predicted octanol–water partition coefficient (Wildman–Crippen LogP) is 3.68. The molecule has 2 nitrogen and oxygen atoms in total. The number of nitrogens with one attached hydrogen (secondary N) is 1. The SMILES string of the molecule is Cc1ccc(CCNc2ccc(N)c(F)c2)cc1C. The van der Waals surface area contributed by atoms with Crippen LogP contribution >= 0.6 is 0 Å². The van der Waals surface area contributed by atoms with E-state index in [0.717, 1.165) is 18.7 Å². The van der Waals surface area contributed by atoms with Crippen LogP contribution in [0.3, 0.4) is 0 Å². The molecular weight excluding hydrogens is 239 g/mol. The standard InChI is InChI=1S/C16H19FN2/c1-11-3-4-13(9-12(11)2)7-8-19-14-5-6-16(18)15(17)10-14/h3-6,9-10,19H,7-8,18H2,1-2H3. The van der Waals surface area contributed by atoms with Crippen molar-refractivity contribution in [2.75, 3.05) is 17.6 Å². The summed E-state index contributed by atoms with van der Waals surface area (Å²) in [6.45, 7) is 4.99. The fraction of sp³-hybridized carbons (Fsp3) is 0.250. The molecule has 0 spiro atoms. The van der Waals surface area contributed by atoms with Gasteiger partial charge < -0.3 is 11.1 Å². The monoisotopic (exact) mass is 258 g/mol. The van der Waals surface area contributed by atoms with Crippen LogP contribution in [0.15, 0.2) is 36.4 Å². The molecule has 0 radical (unpaired) electrons. The molecule has 0 fully saturated rings. The second kappa shape index (κ2) is 5.74. The van der Waals surface area contributed by atoms with E-state index in [1.54, 1.807) is 12.1 Å². The first kappa shape index (κ1) is 13.4. The highest BCUT2D eigenvalue weighted by Crippen LogP contribution is 2.16. The molecule has 3 N–H and O–H groups in total. The van der Waals surface area contributed by atoms with Crippen LogP contribution in [0, 0.1) is 19.7 Å². The van der Waals surface area contributed by atoms with Gasteiger partial charge >= 0.3 is 0 Å². The maximum Gasteiger partial charge on any atom is 0.148 e. The summed E-state index contributed by atoms with van der Waals surface area (Å²) in [4.78, 5) is 0. The van der Waals surface area contributed by atoms with Crippen molar-refractivity contribution >= 4 is 11.4 Å². The summed E-state index contributed by atoms with van der Waals surface area (Å²) >= 11 is 0. The Balaban J connectivity index is 1.92. The summed E-state index contributed by atoms with van der Waals surface area (Å²) in [6.07, 6.45) is 0.910. The Kier molecular flexibility index (Phi) is 4.05. The lowest BCUT2D eigenvalue weighted by molar-refractivity contribution is 0.633. The second-order valence-electron chi connectivity index (χ2n) is 4.83. The maximum atomic E-state index is 13.3. The van der Waals surface area contributed by atoms with Gasteiger partial charge in [-0.2, -0.15) is 0 Å². The van der Waals surface area contributed by atoms with Gasteiger partial charge in [0.15, 0.2) is 0 Å². The summed E-state index contributed by atoms with van der Waals surface area (Å²) in [6, 6.07) is 11.3. The maximum absolute atomic E-state index is 13.3. The van der Waals surface area contributed by atoms with E-state index < -0.39 is 0 Å². The summed E-state index contributed by atoms with van der Waals surface area (Å²) in [5, 5.41) is 3.20. The second-order valence-corrected chi connectivity index (χ2v) is 4.83. The molecule has 0 aliphatic heterocycles. The van der Waals surface area contributed by atoms with Crippen molar-refractivity contribution in [3.05, 3.63) is 58.9 Å². The van der Waals surface area contributed by atoms with Crippen LogP contribution in [-0.4, -0.2) is 6.54 Å². The zero-order valence-electron chi connectivity index (χ0n) is 11.3. The molecule has 2 rings (SSSR count). The van der Waals surface area contributed by atoms with Crippen molar-refractivity contribution in [1.29, 1.82) is 0 Å². The minimum absolute atomic E-state index is 0.180. The van der Waals surface area contributed by atoms with E-state index in [9.17, 15) is 4.39 Å². The van der Waals surface area contributed by atoms with E-state index in [2.05, 4.69) is 37.4 Å². The molecule has 0 saturated heterocycles. The summed E-state index contributed by atoms with van der Waals surface area (Å²) in [7, 11) is 0. The minimum Gasteiger partial charge on any atom is -0.396 e. The smallest absolute Gasteiger partial charge is 0.148 e. The van der Waals surface area contributed by atoms with E-state index in [-0.39, 0.29) is 11.5 Å². The molecule has 0 heterocycles. The van der Waals surface area contributed by atoms with Gasteiger partial charge in [-0.25, -0.2) is 4.39 Å². The van der Waals surface area contributed by atoms with Gasteiger partial charge in [0.25, 0.3) is 0 Å². The highest BCUT2D eigenvalue weighted by molar-refractivity contribution is 5.52. The summed E-state index contributed by atoms with van der Waals surface area (Å²) < 4.78 is 13.3. The van der Waals surface area contributed by atoms with Crippen LogP contribution in [0.25, 0.3) is 0 Å². The number of nitrogen functional groups attached to an aromatic ring is 1. The Morgan fingerprint density at radius 1 is 1.05 bits per heavy atom. The number of nitrogens with two attached hydrogens (primary N) is 1. The number of anilines is 2. The third-order valence-corrected chi connectivity index (χ3v) is 3.31. The molecule has 19 heavy (non-hydrogen) atoms. The first-order chi connectivity index (χ1) is 9.06. The van der Waals surface area contributed by atoms with Gasteiger partial charge in [0.1, 0.15) is 5.82 Å². The van der Waals surface area contributed by atoms with Gasteiger partial charge in [-0.1, -0.05) is 18.2 Å². The van der Waals surface area contributed by atoms with Crippen molar-refractivity contribution in [2.24, 2.45) is 0 Å². The van der Waals surface area contributed by atoms with Gasteiger partial charge in [0.2, 0.25) is 0 Å². The Labute approximate surface area is 113 Å². The molecule has 0 aliphatic carbocycles. The lowest BCUT2D eigenvalue weighted by atomic mass is 10.0. The molecule has 0 aromatic heterocycles. The minimum atomic E-state index is -0.379. The number of aryl methyl sites for hydroxylation is 2. The van der Waals surface area contributed by atoms with E-state index in [0.29, 0.717) is 0 Å². The first-order valence-corrected chi connectivity index (χ1v) is 6.41. The predicted molar refractivity (Wildman–Crippen MR) is 78.9 cm³/mol. The van der Waals surface area contributed by atoms with Gasteiger partial charge in [0, 0.05) is 12.2 Å². The van der Waals surface area contributed by atoms with E-state index >= 15 is 0 Å². The Bertz CT molecular complexity index is 527. The summed E-state index contributed by atoms with van der Waals surface area (Å²) in [5.74, 6) is -0.379. The fourth-order valence-corrected chi connectivity index (χ4v) is 1.95. The molecule has 0 bridgehead atoms. The fourth-order valence-electron chi connectivity index (χ4n) is 1.95. The third kappa shape index (κ3) is 3.47. The number of rotatable bonds is 4. The third-order valence-electron chi connectivity index (χ3n) is 3.31. The normalized spacial score (nSPS) is 10.5. The lowest BCUT2D eigenvalue weighted by Gasteiger charge is -2.09. The molecule has 0 unspecified atom stereocenters. The number of hydrogen-bond donors (Lipinski definition) is 2. The Morgan fingerprint density at radius 2 is 1.84 bits per heavy atom. The highest BCUT2D eigenvalue weighted by atomic mass is 19.1. The van der Waals surface area contributed by atoms with E-state index in [1.807, 2.05) is 0 Å². The van der Waals surface area contributed by atoms with Crippen LogP contribution in [0.5, 0.6) is 0 Å². The zero-order valence-corrected chi connectivity index (χ0v) is 11.3. The molecule has 0 saturated carbocycles. The van der Waals surface area contributed by atoms with E-state index in [1.165, 1.54) is 22.8 Å².